The van der Waals surface area contributed by atoms with Crippen molar-refractivity contribution in [3.8, 4) is 5.75 Å². The molecule has 26 heavy (non-hydrogen) atoms. The Bertz CT molecular complexity index is 788. The Morgan fingerprint density at radius 3 is 2.85 bits per heavy atom. The van der Waals surface area contributed by atoms with Crippen LogP contribution in [0, 0.1) is 0 Å². The molecule has 0 spiro atoms. The molecule has 0 saturated heterocycles. The van der Waals surface area contributed by atoms with Crippen LogP contribution < -0.4 is 15.0 Å². The molecule has 1 aliphatic rings. The van der Waals surface area contributed by atoms with Gasteiger partial charge in [0.05, 0.1) is 30.9 Å². The molecule has 2 amide bonds. The van der Waals surface area contributed by atoms with Crippen LogP contribution in [-0.2, 0) is 11.3 Å². The highest BCUT2D eigenvalue weighted by atomic mass is 16.5. The van der Waals surface area contributed by atoms with Crippen LogP contribution in [0.2, 0.25) is 0 Å². The second-order valence-electron chi connectivity index (χ2n) is 6.42. The molecule has 0 radical (unpaired) electrons. The van der Waals surface area contributed by atoms with Crippen molar-refractivity contribution in [2.45, 2.75) is 19.0 Å². The minimum Gasteiger partial charge on any atom is -0.489 e. The van der Waals surface area contributed by atoms with Crippen LogP contribution in [-0.4, -0.2) is 55.7 Å². The zero-order valence-electron chi connectivity index (χ0n) is 15.1. The van der Waals surface area contributed by atoms with E-state index in [9.17, 15) is 9.59 Å². The number of aromatic nitrogens is 1. The number of likely N-dealkylation sites (N-methyl/N-ethyl adjacent to an activating group) is 1. The molecule has 1 unspecified atom stereocenters. The van der Waals surface area contributed by atoms with E-state index in [1.54, 1.807) is 38.4 Å². The standard InChI is InChI=1S/C18H22N4O4/c1-21(2)18(24)12-4-5-16-15(8-12)22(3)13(11-25-16)9-17(23)19-10-14-6-7-20-26-14/h4-8,13H,9-11H2,1-3H3,(H,19,23). The highest BCUT2D eigenvalue weighted by molar-refractivity contribution is 5.95. The normalized spacial score (nSPS) is 15.8. The van der Waals surface area contributed by atoms with E-state index in [-0.39, 0.29) is 24.3 Å². The SMILES string of the molecule is CN(C)C(=O)c1ccc2c(c1)N(C)C(CC(=O)NCc1ccno1)CO2. The van der Waals surface area contributed by atoms with E-state index in [1.165, 1.54) is 11.1 Å². The molecule has 0 bridgehead atoms. The Balaban J connectivity index is 1.66. The number of nitrogens with one attached hydrogen (secondary N) is 1. The number of carbonyl (C=O) groups excluding carboxylic acids is 2. The summed E-state index contributed by atoms with van der Waals surface area (Å²) in [6.07, 6.45) is 1.81. The topological polar surface area (TPSA) is 87.9 Å². The van der Waals surface area contributed by atoms with E-state index in [2.05, 4.69) is 10.5 Å². The van der Waals surface area contributed by atoms with Crippen LogP contribution in [0.5, 0.6) is 5.75 Å². The highest BCUT2D eigenvalue weighted by Gasteiger charge is 2.27. The molecule has 8 nitrogen and oxygen atoms in total. The van der Waals surface area contributed by atoms with E-state index in [1.807, 2.05) is 11.9 Å². The molecule has 1 aromatic heterocycles. The van der Waals surface area contributed by atoms with Crippen LogP contribution in [0.1, 0.15) is 22.5 Å². The van der Waals surface area contributed by atoms with Gasteiger partial charge in [-0.1, -0.05) is 5.16 Å². The van der Waals surface area contributed by atoms with Gasteiger partial charge in [0.2, 0.25) is 5.91 Å². The van der Waals surface area contributed by atoms with Crippen LogP contribution >= 0.6 is 0 Å². The van der Waals surface area contributed by atoms with Crippen molar-refractivity contribution < 1.29 is 18.8 Å². The maximum Gasteiger partial charge on any atom is 0.253 e. The van der Waals surface area contributed by atoms with Crippen molar-refractivity contribution in [1.82, 2.24) is 15.4 Å². The van der Waals surface area contributed by atoms with Gasteiger partial charge in [0.1, 0.15) is 12.4 Å². The van der Waals surface area contributed by atoms with E-state index >= 15 is 0 Å². The average Bonchev–Trinajstić information content (AvgIpc) is 3.15. The van der Waals surface area contributed by atoms with Crippen molar-refractivity contribution in [2.75, 3.05) is 32.6 Å². The van der Waals surface area contributed by atoms with Gasteiger partial charge in [-0.05, 0) is 18.2 Å². The zero-order valence-corrected chi connectivity index (χ0v) is 15.1. The minimum absolute atomic E-state index is 0.0758. The van der Waals surface area contributed by atoms with Gasteiger partial charge in [0.25, 0.3) is 5.91 Å². The summed E-state index contributed by atoms with van der Waals surface area (Å²) < 4.78 is 10.7. The lowest BCUT2D eigenvalue weighted by Gasteiger charge is -2.35. The number of hydrogen-bond donors (Lipinski definition) is 1. The third-order valence-corrected chi connectivity index (χ3v) is 4.34. The molecule has 1 atom stereocenters. The van der Waals surface area contributed by atoms with Crippen LogP contribution in [0.15, 0.2) is 35.0 Å². The summed E-state index contributed by atoms with van der Waals surface area (Å²) in [7, 11) is 5.33. The summed E-state index contributed by atoms with van der Waals surface area (Å²) in [6.45, 7) is 0.703. The quantitative estimate of drug-likeness (QED) is 0.866. The number of fused-ring (bicyclic) bond motifs is 1. The molecule has 0 fully saturated rings. The number of ether oxygens (including phenoxy) is 1. The fraction of sp³-hybridized carbons (Fsp3) is 0.389. The summed E-state index contributed by atoms with van der Waals surface area (Å²) in [5.41, 5.74) is 1.39. The van der Waals surface area contributed by atoms with Crippen molar-refractivity contribution in [3.63, 3.8) is 0 Å². The fourth-order valence-corrected chi connectivity index (χ4v) is 2.80. The van der Waals surface area contributed by atoms with Crippen molar-refractivity contribution in [1.29, 1.82) is 0 Å². The Morgan fingerprint density at radius 1 is 1.35 bits per heavy atom. The molecule has 1 aliphatic heterocycles. The summed E-state index contributed by atoms with van der Waals surface area (Å²) in [5, 5.41) is 6.41. The smallest absolute Gasteiger partial charge is 0.253 e. The van der Waals surface area contributed by atoms with E-state index in [4.69, 9.17) is 9.26 Å². The molecule has 3 rings (SSSR count). The van der Waals surface area contributed by atoms with Gasteiger partial charge in [-0.15, -0.1) is 0 Å². The fourth-order valence-electron chi connectivity index (χ4n) is 2.80. The Hall–Kier alpha value is -3.03. The van der Waals surface area contributed by atoms with Gasteiger partial charge in [-0.2, -0.15) is 0 Å². The lowest BCUT2D eigenvalue weighted by Crippen LogP contribution is -2.43. The lowest BCUT2D eigenvalue weighted by atomic mass is 10.1. The van der Waals surface area contributed by atoms with Crippen molar-refractivity contribution in [3.05, 3.63) is 41.8 Å². The number of hydrogen-bond acceptors (Lipinski definition) is 6. The third-order valence-electron chi connectivity index (χ3n) is 4.34. The molecule has 1 N–H and O–H groups in total. The largest absolute Gasteiger partial charge is 0.489 e. The highest BCUT2D eigenvalue weighted by Crippen LogP contribution is 2.34. The number of carbonyl (C=O) groups is 2. The first-order chi connectivity index (χ1) is 12.5. The Labute approximate surface area is 151 Å². The maximum atomic E-state index is 12.2. The number of anilines is 1. The predicted molar refractivity (Wildman–Crippen MR) is 95.1 cm³/mol. The van der Waals surface area contributed by atoms with E-state index < -0.39 is 0 Å². The van der Waals surface area contributed by atoms with Crippen LogP contribution in [0.3, 0.4) is 0 Å². The van der Waals surface area contributed by atoms with Crippen molar-refractivity contribution in [2.24, 2.45) is 0 Å². The van der Waals surface area contributed by atoms with Gasteiger partial charge in [-0.3, -0.25) is 9.59 Å². The average molecular weight is 358 g/mol. The van der Waals surface area contributed by atoms with E-state index in [0.717, 1.165) is 5.69 Å². The van der Waals surface area contributed by atoms with Gasteiger partial charge in [0.15, 0.2) is 5.76 Å². The molecule has 8 heteroatoms. The van der Waals surface area contributed by atoms with Gasteiger partial charge < -0.3 is 24.4 Å². The first-order valence-electron chi connectivity index (χ1n) is 8.33. The molecule has 2 heterocycles. The number of nitrogens with zero attached hydrogens (tertiary/aromatic N) is 3. The molecule has 1 aromatic carbocycles. The summed E-state index contributed by atoms with van der Waals surface area (Å²) in [6, 6.07) is 6.93. The summed E-state index contributed by atoms with van der Waals surface area (Å²) >= 11 is 0. The van der Waals surface area contributed by atoms with Crippen LogP contribution in [0.4, 0.5) is 5.69 Å². The summed E-state index contributed by atoms with van der Waals surface area (Å²) in [4.78, 5) is 27.9. The molecule has 0 aliphatic carbocycles. The van der Waals surface area contributed by atoms with Gasteiger partial charge in [-0.25, -0.2) is 0 Å². The zero-order chi connectivity index (χ0) is 18.7. The molecule has 138 valence electrons. The van der Waals surface area contributed by atoms with Crippen LogP contribution in [0.25, 0.3) is 0 Å². The summed E-state index contributed by atoms with van der Waals surface area (Å²) in [5.74, 6) is 1.13. The number of amides is 2. The minimum atomic E-state index is -0.123. The third kappa shape index (κ3) is 3.79. The van der Waals surface area contributed by atoms with E-state index in [0.29, 0.717) is 30.2 Å². The second kappa shape index (κ2) is 7.47. The Morgan fingerprint density at radius 2 is 2.15 bits per heavy atom. The predicted octanol–water partition coefficient (Wildman–Crippen LogP) is 1.28. The monoisotopic (exact) mass is 358 g/mol. The van der Waals surface area contributed by atoms with Crippen molar-refractivity contribution >= 4 is 17.5 Å². The molecule has 2 aromatic rings. The number of benzene rings is 1. The second-order valence-corrected chi connectivity index (χ2v) is 6.42. The van der Waals surface area contributed by atoms with Gasteiger partial charge in [0, 0.05) is 32.8 Å². The molecule has 0 saturated carbocycles. The first-order valence-corrected chi connectivity index (χ1v) is 8.33. The lowest BCUT2D eigenvalue weighted by molar-refractivity contribution is -0.121. The molecular formula is C18H22N4O4. The first kappa shape index (κ1) is 17.8. The van der Waals surface area contributed by atoms with Gasteiger partial charge >= 0.3 is 0 Å². The molecular weight excluding hydrogens is 336 g/mol. The Kier molecular flexibility index (Phi) is 5.11. The number of rotatable bonds is 5. The maximum absolute atomic E-state index is 12.2.